The maximum atomic E-state index is 13.5. The van der Waals surface area contributed by atoms with E-state index < -0.39 is 0 Å². The number of hydrogen-bond acceptors (Lipinski definition) is 6. The van der Waals surface area contributed by atoms with Crippen LogP contribution in [-0.4, -0.2) is 42.3 Å². The fourth-order valence-electron chi connectivity index (χ4n) is 3.84. The summed E-state index contributed by atoms with van der Waals surface area (Å²) in [7, 11) is 3.26. The quantitative estimate of drug-likeness (QED) is 0.497. The zero-order valence-electron chi connectivity index (χ0n) is 16.9. The van der Waals surface area contributed by atoms with Crippen LogP contribution in [0.25, 0.3) is 11.4 Å². The van der Waals surface area contributed by atoms with Crippen LogP contribution in [-0.2, 0) is 6.54 Å². The summed E-state index contributed by atoms with van der Waals surface area (Å²) in [4.78, 5) is 6.90. The highest BCUT2D eigenvalue weighted by Crippen LogP contribution is 2.38. The number of rotatable bonds is 6. The SMILES string of the molecule is COc1ccc(CN2CCCC(c3nc(-c4cccc(F)c4)no3)C2)c(Br)c1OC. The minimum atomic E-state index is -0.316. The zero-order chi connectivity index (χ0) is 21.1. The molecule has 0 N–H and O–H groups in total. The number of nitrogens with zero attached hydrogens (tertiary/aromatic N) is 3. The maximum absolute atomic E-state index is 13.5. The van der Waals surface area contributed by atoms with Crippen LogP contribution in [0.3, 0.4) is 0 Å². The first kappa shape index (κ1) is 20.8. The molecular weight excluding hydrogens is 453 g/mol. The lowest BCUT2D eigenvalue weighted by Gasteiger charge is -2.31. The van der Waals surface area contributed by atoms with E-state index in [9.17, 15) is 4.39 Å². The van der Waals surface area contributed by atoms with Crippen molar-refractivity contribution in [3.8, 4) is 22.9 Å². The molecule has 158 valence electrons. The van der Waals surface area contributed by atoms with Crippen molar-refractivity contribution < 1.29 is 18.4 Å². The summed E-state index contributed by atoms with van der Waals surface area (Å²) in [6, 6.07) is 10.2. The Morgan fingerprint density at radius 3 is 2.87 bits per heavy atom. The van der Waals surface area contributed by atoms with Gasteiger partial charge in [-0.05, 0) is 59.1 Å². The predicted molar refractivity (Wildman–Crippen MR) is 114 cm³/mol. The molecule has 1 atom stereocenters. The number of likely N-dealkylation sites (tertiary alicyclic amines) is 1. The van der Waals surface area contributed by atoms with Crippen LogP contribution in [0.1, 0.15) is 30.2 Å². The molecule has 3 aromatic rings. The lowest BCUT2D eigenvalue weighted by molar-refractivity contribution is 0.179. The second-order valence-corrected chi connectivity index (χ2v) is 8.11. The Labute approximate surface area is 183 Å². The highest BCUT2D eigenvalue weighted by molar-refractivity contribution is 9.10. The van der Waals surface area contributed by atoms with Crippen molar-refractivity contribution in [3.05, 3.63) is 58.1 Å². The largest absolute Gasteiger partial charge is 0.493 e. The van der Waals surface area contributed by atoms with Crippen molar-refractivity contribution in [2.75, 3.05) is 27.3 Å². The summed E-state index contributed by atoms with van der Waals surface area (Å²) >= 11 is 3.65. The topological polar surface area (TPSA) is 60.6 Å². The lowest BCUT2D eigenvalue weighted by atomic mass is 9.97. The van der Waals surface area contributed by atoms with Crippen molar-refractivity contribution in [1.29, 1.82) is 0 Å². The summed E-state index contributed by atoms with van der Waals surface area (Å²) in [6.45, 7) is 2.57. The number of halogens is 2. The van der Waals surface area contributed by atoms with Gasteiger partial charge in [0.1, 0.15) is 5.82 Å². The normalized spacial score (nSPS) is 17.1. The van der Waals surface area contributed by atoms with E-state index >= 15 is 0 Å². The molecule has 0 aliphatic carbocycles. The molecule has 30 heavy (non-hydrogen) atoms. The second kappa shape index (κ2) is 9.14. The van der Waals surface area contributed by atoms with E-state index in [4.69, 9.17) is 14.0 Å². The number of methoxy groups -OCH3 is 2. The zero-order valence-corrected chi connectivity index (χ0v) is 18.5. The Kier molecular flexibility index (Phi) is 6.34. The number of piperidine rings is 1. The molecule has 0 radical (unpaired) electrons. The average Bonchev–Trinajstić information content (AvgIpc) is 3.26. The van der Waals surface area contributed by atoms with E-state index in [1.54, 1.807) is 26.4 Å². The first-order valence-electron chi connectivity index (χ1n) is 9.80. The van der Waals surface area contributed by atoms with Crippen LogP contribution in [0.5, 0.6) is 11.5 Å². The molecular formula is C22H23BrFN3O3. The van der Waals surface area contributed by atoms with Crippen molar-refractivity contribution in [2.24, 2.45) is 0 Å². The molecule has 2 heterocycles. The van der Waals surface area contributed by atoms with Gasteiger partial charge in [0.2, 0.25) is 11.7 Å². The highest BCUT2D eigenvalue weighted by Gasteiger charge is 2.27. The van der Waals surface area contributed by atoms with Gasteiger partial charge in [-0.25, -0.2) is 4.39 Å². The Hall–Kier alpha value is -2.45. The van der Waals surface area contributed by atoms with E-state index in [2.05, 4.69) is 31.0 Å². The van der Waals surface area contributed by atoms with E-state index in [0.29, 0.717) is 28.8 Å². The fourth-order valence-corrected chi connectivity index (χ4v) is 4.45. The molecule has 1 saturated heterocycles. The van der Waals surface area contributed by atoms with Crippen LogP contribution in [0.4, 0.5) is 4.39 Å². The predicted octanol–water partition coefficient (Wildman–Crippen LogP) is 5.04. The molecule has 1 unspecified atom stereocenters. The molecule has 1 aromatic heterocycles. The molecule has 4 rings (SSSR count). The average molecular weight is 476 g/mol. The van der Waals surface area contributed by atoms with Gasteiger partial charge in [-0.3, -0.25) is 4.90 Å². The number of aromatic nitrogens is 2. The third-order valence-corrected chi connectivity index (χ3v) is 6.21. The van der Waals surface area contributed by atoms with Crippen LogP contribution in [0, 0.1) is 5.82 Å². The fraction of sp³-hybridized carbons (Fsp3) is 0.364. The third kappa shape index (κ3) is 4.34. The minimum absolute atomic E-state index is 0.146. The summed E-state index contributed by atoms with van der Waals surface area (Å²) in [5.74, 6) is 2.24. The monoisotopic (exact) mass is 475 g/mol. The van der Waals surface area contributed by atoms with Crippen LogP contribution >= 0.6 is 15.9 Å². The summed E-state index contributed by atoms with van der Waals surface area (Å²) in [5, 5.41) is 4.06. The van der Waals surface area contributed by atoms with Gasteiger partial charge in [0, 0.05) is 18.7 Å². The van der Waals surface area contributed by atoms with Gasteiger partial charge >= 0.3 is 0 Å². The number of hydrogen-bond donors (Lipinski definition) is 0. The van der Waals surface area contributed by atoms with Gasteiger partial charge in [0.15, 0.2) is 11.5 Å². The molecule has 1 aliphatic rings. The molecule has 2 aromatic carbocycles. The molecule has 1 aliphatic heterocycles. The van der Waals surface area contributed by atoms with Crippen molar-refractivity contribution in [2.45, 2.75) is 25.3 Å². The molecule has 8 heteroatoms. The Morgan fingerprint density at radius 1 is 1.23 bits per heavy atom. The van der Waals surface area contributed by atoms with Crippen LogP contribution < -0.4 is 9.47 Å². The maximum Gasteiger partial charge on any atom is 0.231 e. The molecule has 0 spiro atoms. The summed E-state index contributed by atoms with van der Waals surface area (Å²) in [6.07, 6.45) is 2.02. The second-order valence-electron chi connectivity index (χ2n) is 7.32. The van der Waals surface area contributed by atoms with Crippen LogP contribution in [0.15, 0.2) is 45.4 Å². The summed E-state index contributed by atoms with van der Waals surface area (Å²) < 4.78 is 30.8. The molecule has 6 nitrogen and oxygen atoms in total. The molecule has 0 amide bonds. The standard InChI is InChI=1S/C22H23BrFN3O3/c1-28-18-9-8-15(19(23)20(18)29-2)12-27-10-4-6-16(13-27)22-25-21(26-30-22)14-5-3-7-17(24)11-14/h3,5,7-9,11,16H,4,6,10,12-13H2,1-2H3. The Balaban J connectivity index is 1.48. The van der Waals surface area contributed by atoms with E-state index in [-0.39, 0.29) is 11.7 Å². The summed E-state index contributed by atoms with van der Waals surface area (Å²) in [5.41, 5.74) is 1.74. The molecule has 0 bridgehead atoms. The van der Waals surface area contributed by atoms with Crippen LogP contribution in [0.2, 0.25) is 0 Å². The smallest absolute Gasteiger partial charge is 0.231 e. The van der Waals surface area contributed by atoms with E-state index in [1.165, 1.54) is 12.1 Å². The minimum Gasteiger partial charge on any atom is -0.493 e. The van der Waals surface area contributed by atoms with E-state index in [1.807, 2.05) is 12.1 Å². The third-order valence-electron chi connectivity index (χ3n) is 5.34. The van der Waals surface area contributed by atoms with Gasteiger partial charge in [-0.2, -0.15) is 4.98 Å². The number of ether oxygens (including phenoxy) is 2. The first-order chi connectivity index (χ1) is 14.6. The molecule has 1 fully saturated rings. The first-order valence-corrected chi connectivity index (χ1v) is 10.6. The number of benzene rings is 2. The van der Waals surface area contributed by atoms with Crippen molar-refractivity contribution in [1.82, 2.24) is 15.0 Å². The van der Waals surface area contributed by atoms with Gasteiger partial charge in [-0.1, -0.05) is 23.4 Å². The van der Waals surface area contributed by atoms with Gasteiger partial charge in [-0.15, -0.1) is 0 Å². The Morgan fingerprint density at radius 2 is 2.10 bits per heavy atom. The lowest BCUT2D eigenvalue weighted by Crippen LogP contribution is -2.34. The highest BCUT2D eigenvalue weighted by atomic mass is 79.9. The van der Waals surface area contributed by atoms with Gasteiger partial charge in [0.05, 0.1) is 24.6 Å². The Bertz CT molecular complexity index is 1030. The van der Waals surface area contributed by atoms with Gasteiger partial charge in [0.25, 0.3) is 0 Å². The van der Waals surface area contributed by atoms with Crippen molar-refractivity contribution in [3.63, 3.8) is 0 Å². The van der Waals surface area contributed by atoms with Crippen molar-refractivity contribution >= 4 is 15.9 Å². The molecule has 0 saturated carbocycles. The van der Waals surface area contributed by atoms with E-state index in [0.717, 1.165) is 42.5 Å². The van der Waals surface area contributed by atoms with Gasteiger partial charge < -0.3 is 14.0 Å².